The highest BCUT2D eigenvalue weighted by Gasteiger charge is 2.38. The van der Waals surface area contributed by atoms with Gasteiger partial charge in [-0.3, -0.25) is 4.79 Å². The fourth-order valence-corrected chi connectivity index (χ4v) is 3.83. The second-order valence-corrected chi connectivity index (χ2v) is 8.18. The summed E-state index contributed by atoms with van der Waals surface area (Å²) in [6.45, 7) is 4.47. The molecule has 1 N–H and O–H groups in total. The predicted molar refractivity (Wildman–Crippen MR) is 115 cm³/mol. The van der Waals surface area contributed by atoms with Crippen LogP contribution in [0.3, 0.4) is 0 Å². The van der Waals surface area contributed by atoms with Gasteiger partial charge in [-0.2, -0.15) is 5.26 Å². The summed E-state index contributed by atoms with van der Waals surface area (Å²) in [5.74, 6) is 1.51. The van der Waals surface area contributed by atoms with E-state index < -0.39 is 0 Å². The first-order valence-electron chi connectivity index (χ1n) is 10.5. The highest BCUT2D eigenvalue weighted by molar-refractivity contribution is 5.78. The molecular formula is C24H28N4O2. The minimum atomic E-state index is 0.209. The highest BCUT2D eigenvalue weighted by Crippen LogP contribution is 2.41. The number of nitrogens with zero attached hydrogens (tertiary/aromatic N) is 3. The van der Waals surface area contributed by atoms with E-state index in [1.54, 1.807) is 12.1 Å². The predicted octanol–water partition coefficient (Wildman–Crippen LogP) is 2.36. The highest BCUT2D eigenvalue weighted by atomic mass is 16.5. The number of nitrogens with one attached hydrogen (secondary N) is 1. The molecule has 6 heteroatoms. The van der Waals surface area contributed by atoms with Gasteiger partial charge in [-0.1, -0.05) is 24.3 Å². The van der Waals surface area contributed by atoms with Crippen molar-refractivity contribution in [1.82, 2.24) is 15.1 Å². The number of nitriles is 1. The van der Waals surface area contributed by atoms with Crippen molar-refractivity contribution in [3.8, 4) is 11.8 Å². The molecule has 156 valence electrons. The Balaban J connectivity index is 1.20. The van der Waals surface area contributed by atoms with Crippen molar-refractivity contribution in [3.63, 3.8) is 0 Å². The fourth-order valence-electron chi connectivity index (χ4n) is 3.83. The molecule has 1 amide bonds. The van der Waals surface area contributed by atoms with Gasteiger partial charge in [-0.15, -0.1) is 0 Å². The van der Waals surface area contributed by atoms with Gasteiger partial charge in [-0.05, 0) is 48.9 Å². The van der Waals surface area contributed by atoms with E-state index in [0.717, 1.165) is 43.9 Å². The van der Waals surface area contributed by atoms with Gasteiger partial charge < -0.3 is 19.9 Å². The summed E-state index contributed by atoms with van der Waals surface area (Å²) in [5, 5.41) is 12.3. The Bertz CT molecular complexity index is 896. The number of carbonyl (C=O) groups is 1. The first-order chi connectivity index (χ1) is 14.6. The Morgan fingerprint density at radius 3 is 2.47 bits per heavy atom. The summed E-state index contributed by atoms with van der Waals surface area (Å²) in [5.41, 5.74) is 2.97. The number of hydrogen-bond donors (Lipinski definition) is 1. The van der Waals surface area contributed by atoms with Gasteiger partial charge in [-0.25, -0.2) is 0 Å². The van der Waals surface area contributed by atoms with E-state index in [-0.39, 0.29) is 5.91 Å². The lowest BCUT2D eigenvalue weighted by Gasteiger charge is -2.32. The molecule has 1 heterocycles. The molecule has 1 saturated carbocycles. The lowest BCUT2D eigenvalue weighted by atomic mass is 10.1. The molecule has 2 aliphatic rings. The Morgan fingerprint density at radius 1 is 1.10 bits per heavy atom. The number of benzene rings is 2. The standard InChI is InChI=1S/C24H28N4O2/c1-27-10-12-28(13-11-27)24(29)16-26-23-14-22(23)20-6-8-21(9-7-20)30-17-19-4-2-18(15-25)3-5-19/h2-9,22-23,26H,10-14,16-17H2,1H3/t22-,23+/m0/s1. The molecule has 1 aliphatic carbocycles. The number of amides is 1. The van der Waals surface area contributed by atoms with Crippen molar-refractivity contribution in [2.75, 3.05) is 39.8 Å². The second-order valence-electron chi connectivity index (χ2n) is 8.18. The van der Waals surface area contributed by atoms with Crippen LogP contribution in [0.1, 0.15) is 29.0 Å². The minimum Gasteiger partial charge on any atom is -0.489 e. The molecule has 6 nitrogen and oxygen atoms in total. The molecule has 2 aromatic rings. The summed E-state index contributed by atoms with van der Waals surface area (Å²) in [6, 6.07) is 18.2. The van der Waals surface area contributed by atoms with Crippen LogP contribution in [0.5, 0.6) is 5.75 Å². The van der Waals surface area contributed by atoms with Crippen molar-refractivity contribution < 1.29 is 9.53 Å². The van der Waals surface area contributed by atoms with Crippen LogP contribution >= 0.6 is 0 Å². The van der Waals surface area contributed by atoms with E-state index >= 15 is 0 Å². The van der Waals surface area contributed by atoms with Crippen LogP contribution in [-0.4, -0.2) is 61.5 Å². The summed E-state index contributed by atoms with van der Waals surface area (Å²) < 4.78 is 5.85. The van der Waals surface area contributed by atoms with Crippen LogP contribution in [0.2, 0.25) is 0 Å². The topological polar surface area (TPSA) is 68.6 Å². The third-order valence-corrected chi connectivity index (χ3v) is 5.96. The normalized spacial score (nSPS) is 21.1. The average Bonchev–Trinajstić information content (AvgIpc) is 3.57. The maximum absolute atomic E-state index is 12.4. The van der Waals surface area contributed by atoms with Gasteiger partial charge >= 0.3 is 0 Å². The van der Waals surface area contributed by atoms with E-state index in [4.69, 9.17) is 10.00 Å². The van der Waals surface area contributed by atoms with E-state index in [0.29, 0.717) is 30.7 Å². The largest absolute Gasteiger partial charge is 0.489 e. The summed E-state index contributed by atoms with van der Waals surface area (Å²) in [4.78, 5) is 16.6. The van der Waals surface area contributed by atoms with Crippen molar-refractivity contribution in [2.45, 2.75) is 25.0 Å². The first-order valence-corrected chi connectivity index (χ1v) is 10.5. The van der Waals surface area contributed by atoms with Crippen molar-refractivity contribution >= 4 is 5.91 Å². The molecule has 0 aromatic heterocycles. The van der Waals surface area contributed by atoms with Crippen LogP contribution in [0.4, 0.5) is 0 Å². The van der Waals surface area contributed by atoms with Crippen LogP contribution in [0.15, 0.2) is 48.5 Å². The zero-order valence-electron chi connectivity index (χ0n) is 17.4. The second kappa shape index (κ2) is 9.29. The monoisotopic (exact) mass is 404 g/mol. The number of ether oxygens (including phenoxy) is 1. The van der Waals surface area contributed by atoms with Crippen molar-refractivity contribution in [3.05, 3.63) is 65.2 Å². The number of carbonyl (C=O) groups excluding carboxylic acids is 1. The van der Waals surface area contributed by atoms with Gasteiger partial charge in [0.25, 0.3) is 0 Å². The SMILES string of the molecule is CN1CCN(C(=O)CN[C@@H]2C[C@H]2c2ccc(OCc3ccc(C#N)cc3)cc2)CC1. The molecule has 2 fully saturated rings. The van der Waals surface area contributed by atoms with Crippen LogP contribution < -0.4 is 10.1 Å². The molecule has 30 heavy (non-hydrogen) atoms. The van der Waals surface area contributed by atoms with Gasteiger partial charge in [0.1, 0.15) is 12.4 Å². The lowest BCUT2D eigenvalue weighted by Crippen LogP contribution is -2.49. The van der Waals surface area contributed by atoms with Gasteiger partial charge in [0.15, 0.2) is 0 Å². The van der Waals surface area contributed by atoms with Crippen LogP contribution in [-0.2, 0) is 11.4 Å². The Labute approximate surface area is 178 Å². The molecular weight excluding hydrogens is 376 g/mol. The molecule has 0 radical (unpaired) electrons. The third-order valence-electron chi connectivity index (χ3n) is 5.96. The molecule has 2 aromatic carbocycles. The number of hydrogen-bond acceptors (Lipinski definition) is 5. The van der Waals surface area contributed by atoms with E-state index in [2.05, 4.69) is 35.5 Å². The molecule has 0 bridgehead atoms. The van der Waals surface area contributed by atoms with Crippen LogP contribution in [0.25, 0.3) is 0 Å². The maximum Gasteiger partial charge on any atom is 0.236 e. The first kappa shape index (κ1) is 20.4. The quantitative estimate of drug-likeness (QED) is 0.767. The molecule has 1 aliphatic heterocycles. The smallest absolute Gasteiger partial charge is 0.236 e. The number of likely N-dealkylation sites (N-methyl/N-ethyl adjacent to an activating group) is 1. The molecule has 2 atom stereocenters. The molecule has 0 spiro atoms. The third kappa shape index (κ3) is 5.18. The van der Waals surface area contributed by atoms with Gasteiger partial charge in [0, 0.05) is 38.1 Å². The summed E-state index contributed by atoms with van der Waals surface area (Å²) in [6.07, 6.45) is 1.07. The zero-order valence-corrected chi connectivity index (χ0v) is 17.4. The average molecular weight is 405 g/mol. The molecule has 4 rings (SSSR count). The van der Waals surface area contributed by atoms with Gasteiger partial charge in [0.05, 0.1) is 18.2 Å². The van der Waals surface area contributed by atoms with Crippen molar-refractivity contribution in [1.29, 1.82) is 5.26 Å². The maximum atomic E-state index is 12.4. The number of rotatable bonds is 7. The van der Waals surface area contributed by atoms with Crippen LogP contribution in [0, 0.1) is 11.3 Å². The molecule has 1 saturated heterocycles. The summed E-state index contributed by atoms with van der Waals surface area (Å²) in [7, 11) is 2.10. The van der Waals surface area contributed by atoms with E-state index in [1.807, 2.05) is 29.2 Å². The summed E-state index contributed by atoms with van der Waals surface area (Å²) >= 11 is 0. The minimum absolute atomic E-state index is 0.209. The van der Waals surface area contributed by atoms with Gasteiger partial charge in [0.2, 0.25) is 5.91 Å². The Morgan fingerprint density at radius 2 is 1.80 bits per heavy atom. The van der Waals surface area contributed by atoms with E-state index in [1.165, 1.54) is 5.56 Å². The van der Waals surface area contributed by atoms with E-state index in [9.17, 15) is 4.79 Å². The Kier molecular flexibility index (Phi) is 6.32. The molecule has 0 unspecified atom stereocenters. The number of piperazine rings is 1. The fraction of sp³-hybridized carbons (Fsp3) is 0.417. The van der Waals surface area contributed by atoms with Crippen molar-refractivity contribution in [2.24, 2.45) is 0 Å². The Hall–Kier alpha value is -2.88. The zero-order chi connectivity index (χ0) is 20.9. The lowest BCUT2D eigenvalue weighted by molar-refractivity contribution is -0.131.